The van der Waals surface area contributed by atoms with Gasteiger partial charge in [-0.25, -0.2) is 13.2 Å². The predicted molar refractivity (Wildman–Crippen MR) is 117 cm³/mol. The van der Waals surface area contributed by atoms with Crippen LogP contribution < -0.4 is 18.9 Å². The highest BCUT2D eigenvalue weighted by molar-refractivity contribution is 7.92. The molecule has 0 aliphatic carbocycles. The molecule has 0 unspecified atom stereocenters. The second kappa shape index (κ2) is 9.19. The van der Waals surface area contributed by atoms with Gasteiger partial charge in [-0.3, -0.25) is 4.72 Å². The molecule has 1 aliphatic heterocycles. The summed E-state index contributed by atoms with van der Waals surface area (Å²) in [6.07, 6.45) is 0. The molecule has 0 aromatic heterocycles. The van der Waals surface area contributed by atoms with E-state index in [0.29, 0.717) is 30.5 Å². The Morgan fingerprint density at radius 3 is 2.56 bits per heavy atom. The Balaban J connectivity index is 1.52. The maximum absolute atomic E-state index is 12.9. The number of hydrogen-bond acceptors (Lipinski definition) is 7. The summed E-state index contributed by atoms with van der Waals surface area (Å²) in [6.45, 7) is 0.758. The highest BCUT2D eigenvalue weighted by Gasteiger charge is 2.22. The van der Waals surface area contributed by atoms with Crippen LogP contribution in [0.4, 0.5) is 5.69 Å². The van der Waals surface area contributed by atoms with E-state index in [-0.39, 0.29) is 22.8 Å². The standard InChI is InChI=1S/C23H21NO7S/c1-28-17-6-4-5-16(13-17)15-31-23(25)19-7-2-3-8-20(19)24-32(26,27)18-9-10-21-22(14-18)30-12-11-29-21/h2-10,13-14,24H,11-12,15H2,1H3. The number of fused-ring (bicyclic) bond motifs is 1. The quantitative estimate of drug-likeness (QED) is 0.543. The number of para-hydroxylation sites is 1. The van der Waals surface area contributed by atoms with Gasteiger partial charge in [0.2, 0.25) is 0 Å². The van der Waals surface area contributed by atoms with Gasteiger partial charge >= 0.3 is 5.97 Å². The van der Waals surface area contributed by atoms with Crippen LogP contribution in [0, 0.1) is 0 Å². The largest absolute Gasteiger partial charge is 0.497 e. The molecule has 32 heavy (non-hydrogen) atoms. The number of esters is 1. The molecule has 9 heteroatoms. The van der Waals surface area contributed by atoms with Crippen molar-refractivity contribution in [2.24, 2.45) is 0 Å². The molecule has 1 N–H and O–H groups in total. The Morgan fingerprint density at radius 1 is 0.969 bits per heavy atom. The average Bonchev–Trinajstić information content (AvgIpc) is 2.82. The van der Waals surface area contributed by atoms with Crippen LogP contribution in [0.3, 0.4) is 0 Å². The second-order valence-corrected chi connectivity index (χ2v) is 8.57. The fraction of sp³-hybridized carbons (Fsp3) is 0.174. The first kappa shape index (κ1) is 21.5. The van der Waals surface area contributed by atoms with Crippen molar-refractivity contribution in [3.63, 3.8) is 0 Å². The zero-order chi connectivity index (χ0) is 22.6. The van der Waals surface area contributed by atoms with Crippen molar-refractivity contribution in [2.75, 3.05) is 25.0 Å². The normalized spacial score (nSPS) is 12.7. The zero-order valence-electron chi connectivity index (χ0n) is 17.2. The van der Waals surface area contributed by atoms with Gasteiger partial charge in [0.1, 0.15) is 25.6 Å². The molecule has 3 aromatic carbocycles. The minimum Gasteiger partial charge on any atom is -0.497 e. The van der Waals surface area contributed by atoms with Gasteiger partial charge in [-0.2, -0.15) is 0 Å². The monoisotopic (exact) mass is 455 g/mol. The molecular formula is C23H21NO7S. The number of methoxy groups -OCH3 is 1. The molecule has 166 valence electrons. The molecule has 0 saturated carbocycles. The van der Waals surface area contributed by atoms with Gasteiger partial charge < -0.3 is 18.9 Å². The van der Waals surface area contributed by atoms with Crippen molar-refractivity contribution >= 4 is 21.7 Å². The number of carbonyl (C=O) groups excluding carboxylic acids is 1. The number of hydrogen-bond donors (Lipinski definition) is 1. The van der Waals surface area contributed by atoms with E-state index in [1.807, 2.05) is 0 Å². The van der Waals surface area contributed by atoms with E-state index < -0.39 is 16.0 Å². The van der Waals surface area contributed by atoms with Crippen molar-refractivity contribution < 1.29 is 32.2 Å². The van der Waals surface area contributed by atoms with E-state index in [4.69, 9.17) is 18.9 Å². The third-order valence-electron chi connectivity index (χ3n) is 4.72. The van der Waals surface area contributed by atoms with Crippen LogP contribution in [0.25, 0.3) is 0 Å². The van der Waals surface area contributed by atoms with Crippen molar-refractivity contribution in [2.45, 2.75) is 11.5 Å². The van der Waals surface area contributed by atoms with E-state index in [2.05, 4.69) is 4.72 Å². The fourth-order valence-corrected chi connectivity index (χ4v) is 4.23. The Labute approximate surface area is 185 Å². The van der Waals surface area contributed by atoms with Crippen LogP contribution in [0.1, 0.15) is 15.9 Å². The highest BCUT2D eigenvalue weighted by atomic mass is 32.2. The predicted octanol–water partition coefficient (Wildman–Crippen LogP) is 3.62. The molecule has 0 amide bonds. The van der Waals surface area contributed by atoms with Gasteiger partial charge in [-0.1, -0.05) is 24.3 Å². The topological polar surface area (TPSA) is 100 Å². The lowest BCUT2D eigenvalue weighted by Crippen LogP contribution is -2.18. The second-order valence-electron chi connectivity index (χ2n) is 6.88. The van der Waals surface area contributed by atoms with E-state index in [1.165, 1.54) is 30.3 Å². The summed E-state index contributed by atoms with van der Waals surface area (Å²) in [7, 11) is -2.44. The summed E-state index contributed by atoms with van der Waals surface area (Å²) in [5.41, 5.74) is 0.946. The number of ether oxygens (including phenoxy) is 4. The number of benzene rings is 3. The molecule has 1 heterocycles. The zero-order valence-corrected chi connectivity index (χ0v) is 18.1. The van der Waals surface area contributed by atoms with Crippen LogP contribution in [0.5, 0.6) is 17.2 Å². The van der Waals surface area contributed by atoms with Crippen molar-refractivity contribution in [3.8, 4) is 17.2 Å². The Morgan fingerprint density at radius 2 is 1.75 bits per heavy atom. The average molecular weight is 455 g/mol. The van der Waals surface area contributed by atoms with Gasteiger partial charge in [0.25, 0.3) is 10.0 Å². The summed E-state index contributed by atoms with van der Waals surface area (Å²) in [6, 6.07) is 17.7. The Hall–Kier alpha value is -3.72. The van der Waals surface area contributed by atoms with Crippen LogP contribution in [0.2, 0.25) is 0 Å². The molecule has 0 atom stereocenters. The maximum atomic E-state index is 12.9. The van der Waals surface area contributed by atoms with Crippen molar-refractivity contribution in [1.82, 2.24) is 0 Å². The third kappa shape index (κ3) is 4.78. The van der Waals surface area contributed by atoms with E-state index in [0.717, 1.165) is 5.56 Å². The summed E-state index contributed by atoms with van der Waals surface area (Å²) in [5, 5.41) is 0. The number of nitrogens with one attached hydrogen (secondary N) is 1. The highest BCUT2D eigenvalue weighted by Crippen LogP contribution is 2.33. The Bertz CT molecular complexity index is 1240. The maximum Gasteiger partial charge on any atom is 0.340 e. The third-order valence-corrected chi connectivity index (χ3v) is 6.08. The van der Waals surface area contributed by atoms with Crippen LogP contribution in [0.15, 0.2) is 71.6 Å². The number of rotatable bonds is 7. The van der Waals surface area contributed by atoms with Gasteiger partial charge in [0, 0.05) is 6.07 Å². The lowest BCUT2D eigenvalue weighted by atomic mass is 10.2. The first-order valence-corrected chi connectivity index (χ1v) is 11.3. The molecule has 0 radical (unpaired) electrons. The molecule has 0 bridgehead atoms. The molecule has 3 aromatic rings. The van der Waals surface area contributed by atoms with Crippen molar-refractivity contribution in [3.05, 3.63) is 77.9 Å². The van der Waals surface area contributed by atoms with Crippen LogP contribution in [-0.2, 0) is 21.4 Å². The number of anilines is 1. The van der Waals surface area contributed by atoms with Gasteiger partial charge in [0.15, 0.2) is 11.5 Å². The molecule has 0 fully saturated rings. The van der Waals surface area contributed by atoms with Crippen molar-refractivity contribution in [1.29, 1.82) is 0 Å². The minimum absolute atomic E-state index is 0.0127. The molecule has 8 nitrogen and oxygen atoms in total. The summed E-state index contributed by atoms with van der Waals surface area (Å²) in [4.78, 5) is 12.7. The first-order chi connectivity index (χ1) is 15.5. The van der Waals surface area contributed by atoms with E-state index >= 15 is 0 Å². The first-order valence-electron chi connectivity index (χ1n) is 9.78. The summed E-state index contributed by atoms with van der Waals surface area (Å²) in [5.74, 6) is 0.821. The van der Waals surface area contributed by atoms with Crippen LogP contribution >= 0.6 is 0 Å². The number of carbonyl (C=O) groups is 1. The SMILES string of the molecule is COc1cccc(COC(=O)c2ccccc2NS(=O)(=O)c2ccc3c(c2)OCCO3)c1. The van der Waals surface area contributed by atoms with E-state index in [1.54, 1.807) is 43.5 Å². The Kier molecular flexibility index (Phi) is 6.18. The molecule has 1 aliphatic rings. The fourth-order valence-electron chi connectivity index (χ4n) is 3.13. The lowest BCUT2D eigenvalue weighted by molar-refractivity contribution is 0.0473. The van der Waals surface area contributed by atoms with Crippen LogP contribution in [-0.4, -0.2) is 34.7 Å². The molecule has 0 saturated heterocycles. The lowest BCUT2D eigenvalue weighted by Gasteiger charge is -2.19. The molecular weight excluding hydrogens is 434 g/mol. The van der Waals surface area contributed by atoms with Gasteiger partial charge in [-0.05, 0) is 42.0 Å². The molecule has 0 spiro atoms. The summed E-state index contributed by atoms with van der Waals surface area (Å²) < 4.78 is 49.8. The smallest absolute Gasteiger partial charge is 0.340 e. The van der Waals surface area contributed by atoms with Gasteiger partial charge in [0.05, 0.1) is 23.3 Å². The molecule has 4 rings (SSSR count). The summed E-state index contributed by atoms with van der Waals surface area (Å²) >= 11 is 0. The number of sulfonamides is 1. The minimum atomic E-state index is -3.99. The van der Waals surface area contributed by atoms with E-state index in [9.17, 15) is 13.2 Å². The van der Waals surface area contributed by atoms with Gasteiger partial charge in [-0.15, -0.1) is 0 Å².